The Balaban J connectivity index is -0.000000103. The standard InChI is InChI=1S/C9H10F2O3S.C9H11FO3S.C5H12O3S.C4H8ClNO.C4H10ClN.2C3H7Br.C2H2BrN.C2H5I.ClH/c1-7-2-4-8(5-3-7)15(12,13)14-6-9(10)11;1-8-2-4-9(5-3-8)14(11,12)13-7-6-10;1-5(2)4-8-9(3,6)7;1-6(2)4(7)3-5;1-6(2)4-3-5;1-3(2)4;1-2-3-4;1-4-2-3;1-2-3;/h2-5,9H,6H2,1H3;2-5H,6-7H2,1H3;5H,4H2,1-3H3;3H2,1-2H3;3-4H2,1-2H3;3H,1-2H3;2-3H2,1H3;2H2;2H2,1H3;1H. The summed E-state index contributed by atoms with van der Waals surface area (Å²) in [5.74, 6) is 1.02. The largest absolute Gasteiger partial charge is 0.348 e. The fraction of sp³-hybridized carbons (Fsp3) is 0.659. The molecule has 0 unspecified atom stereocenters. The Morgan fingerprint density at radius 3 is 1.31 bits per heavy atom. The lowest BCUT2D eigenvalue weighted by atomic mass is 10.2. The molecule has 0 aliphatic heterocycles. The number of amides is 1. The predicted molar refractivity (Wildman–Crippen MR) is 295 cm³/mol. The second-order valence-electron chi connectivity index (χ2n) is 13.3. The van der Waals surface area contributed by atoms with Crippen molar-refractivity contribution in [2.24, 2.45) is 5.92 Å². The summed E-state index contributed by atoms with van der Waals surface area (Å²) in [4.78, 5) is 17.3. The summed E-state index contributed by atoms with van der Waals surface area (Å²) in [6, 6.07) is 12.0. The summed E-state index contributed by atoms with van der Waals surface area (Å²) >= 11 is 22.2. The molecule has 400 valence electrons. The molecule has 0 atom stereocenters. The average molecular weight is 1390 g/mol. The highest BCUT2D eigenvalue weighted by atomic mass is 127. The Labute approximate surface area is 457 Å². The molecule has 0 bridgehead atoms. The van der Waals surface area contributed by atoms with E-state index in [4.69, 9.17) is 29.8 Å². The maximum atomic E-state index is 11.8. The highest BCUT2D eigenvalue weighted by Gasteiger charge is 2.17. The van der Waals surface area contributed by atoms with E-state index in [0.717, 1.165) is 35.1 Å². The maximum absolute atomic E-state index is 11.8. The number of hydrogen-bond donors (Lipinski definition) is 0. The molecular weight excluding hydrogens is 1320 g/mol. The van der Waals surface area contributed by atoms with Crippen molar-refractivity contribution in [1.29, 1.82) is 0 Å². The van der Waals surface area contributed by atoms with Gasteiger partial charge in [-0.3, -0.25) is 17.3 Å². The molecule has 2 aromatic rings. The molecule has 0 heterocycles. The molecule has 0 aliphatic rings. The van der Waals surface area contributed by atoms with Gasteiger partial charge in [0.05, 0.1) is 29.3 Å². The first-order valence-electron chi connectivity index (χ1n) is 19.5. The van der Waals surface area contributed by atoms with Crippen LogP contribution in [0, 0.1) is 26.3 Å². The van der Waals surface area contributed by atoms with Gasteiger partial charge in [-0.15, -0.1) is 35.6 Å². The Morgan fingerprint density at radius 1 is 0.806 bits per heavy atom. The molecule has 67 heavy (non-hydrogen) atoms. The second kappa shape index (κ2) is 55.2. The number of carbonyl (C=O) groups is 1. The van der Waals surface area contributed by atoms with Gasteiger partial charge >= 0.3 is 0 Å². The molecular formula is C41H73Br3Cl3F3IN3O10S3. The number of carbonyl (C=O) groups excluding carboxylic acids is 1. The first-order chi connectivity index (χ1) is 30.3. The van der Waals surface area contributed by atoms with Crippen LogP contribution in [-0.4, -0.2) is 147 Å². The Hall–Kier alpha value is -0.0800. The minimum Gasteiger partial charge on any atom is -0.348 e. The van der Waals surface area contributed by atoms with Crippen LogP contribution in [0.5, 0.6) is 0 Å². The monoisotopic (exact) mass is 1390 g/mol. The zero-order valence-electron chi connectivity index (χ0n) is 40.6. The number of alkyl halides is 9. The van der Waals surface area contributed by atoms with E-state index in [0.29, 0.717) is 10.3 Å². The summed E-state index contributed by atoms with van der Waals surface area (Å²) in [6.45, 7) is 20.8. The van der Waals surface area contributed by atoms with Crippen LogP contribution < -0.4 is 0 Å². The van der Waals surface area contributed by atoms with Crippen LogP contribution in [0.2, 0.25) is 0 Å². The number of rotatable bonds is 15. The van der Waals surface area contributed by atoms with E-state index in [1.807, 2.05) is 39.8 Å². The lowest BCUT2D eigenvalue weighted by Gasteiger charge is -2.04. The molecule has 0 N–H and O–H groups in total. The zero-order valence-corrected chi connectivity index (χ0v) is 52.3. The maximum Gasteiger partial charge on any atom is 0.297 e. The van der Waals surface area contributed by atoms with E-state index >= 15 is 0 Å². The fourth-order valence-corrected chi connectivity index (χ4v) is 5.25. The van der Waals surface area contributed by atoms with Crippen LogP contribution >= 0.6 is 106 Å². The van der Waals surface area contributed by atoms with Crippen molar-refractivity contribution < 1.29 is 55.8 Å². The van der Waals surface area contributed by atoms with E-state index in [2.05, 4.69) is 115 Å². The fourth-order valence-electron chi connectivity index (χ4n) is 2.38. The lowest BCUT2D eigenvalue weighted by Crippen LogP contribution is -2.22. The topological polar surface area (TPSA) is 158 Å². The van der Waals surface area contributed by atoms with Crippen molar-refractivity contribution in [2.45, 2.75) is 82.9 Å². The molecule has 2 aromatic carbocycles. The molecule has 0 spiro atoms. The zero-order chi connectivity index (χ0) is 53.5. The van der Waals surface area contributed by atoms with Crippen LogP contribution in [0.4, 0.5) is 13.2 Å². The van der Waals surface area contributed by atoms with Crippen LogP contribution in [0.15, 0.2) is 58.3 Å². The SMILES string of the molecule is CC(C)Br.CC(C)COS(C)(=O)=O.CCCBr.CCI.CN(C)C(=O)CCl.CN(C)CCCl.Cc1ccc(S(=O)(=O)OCC(F)F)cc1.Cc1ccc(S(=O)(=O)OCCF)cc1.Cl.[C-]#[N+]CBr. The van der Waals surface area contributed by atoms with Crippen LogP contribution in [0.25, 0.3) is 4.85 Å². The highest BCUT2D eigenvalue weighted by molar-refractivity contribution is 14.1. The Bertz CT molecular complexity index is 1770. The Morgan fingerprint density at radius 2 is 1.15 bits per heavy atom. The van der Waals surface area contributed by atoms with Gasteiger partial charge in [0.25, 0.3) is 42.2 Å². The molecule has 0 saturated carbocycles. The Kier molecular flexibility index (Phi) is 69.1. The summed E-state index contributed by atoms with van der Waals surface area (Å²) in [6.07, 6.45) is -0.514. The van der Waals surface area contributed by atoms with E-state index in [1.165, 1.54) is 40.0 Å². The highest BCUT2D eigenvalue weighted by Crippen LogP contribution is 2.14. The van der Waals surface area contributed by atoms with Gasteiger partial charge in [-0.05, 0) is 69.0 Å². The van der Waals surface area contributed by atoms with Gasteiger partial charge in [0.15, 0.2) is 0 Å². The molecule has 0 fully saturated rings. The van der Waals surface area contributed by atoms with Crippen molar-refractivity contribution in [1.82, 2.24) is 9.80 Å². The summed E-state index contributed by atoms with van der Waals surface area (Å²) < 4.78 is 115. The number of halogens is 10. The summed E-state index contributed by atoms with van der Waals surface area (Å²) in [5.41, 5.74) is 2.25. The first-order valence-corrected chi connectivity index (χ1v) is 29.9. The predicted octanol–water partition coefficient (Wildman–Crippen LogP) is 12.1. The lowest BCUT2D eigenvalue weighted by molar-refractivity contribution is -0.126. The van der Waals surface area contributed by atoms with Gasteiger partial charge in [-0.1, -0.05) is 131 Å². The first kappa shape index (κ1) is 83.8. The van der Waals surface area contributed by atoms with Gasteiger partial charge in [0, 0.05) is 52.6 Å². The number of nitrogens with zero attached hydrogens (tertiary/aromatic N) is 3. The number of aryl methyl sites for hydroxylation is 2. The molecule has 0 saturated heterocycles. The van der Waals surface area contributed by atoms with Gasteiger partial charge in [-0.25, -0.2) is 19.7 Å². The third-order valence-corrected chi connectivity index (χ3v) is 9.92. The molecule has 1 amide bonds. The van der Waals surface area contributed by atoms with E-state index < -0.39 is 56.7 Å². The third-order valence-electron chi connectivity index (χ3n) is 5.29. The molecule has 0 aromatic heterocycles. The van der Waals surface area contributed by atoms with Gasteiger partial charge < -0.3 is 14.6 Å². The smallest absolute Gasteiger partial charge is 0.297 e. The van der Waals surface area contributed by atoms with Crippen molar-refractivity contribution in [3.63, 3.8) is 0 Å². The van der Waals surface area contributed by atoms with Crippen molar-refractivity contribution >= 4 is 142 Å². The normalized spacial score (nSPS) is 10.1. The van der Waals surface area contributed by atoms with Gasteiger partial charge in [0.1, 0.15) is 19.2 Å². The summed E-state index contributed by atoms with van der Waals surface area (Å²) in [7, 11) is -3.70. The molecule has 0 radical (unpaired) electrons. The molecule has 0 aliphatic carbocycles. The average Bonchev–Trinajstić information content (AvgIpc) is 3.22. The number of benzene rings is 2. The van der Waals surface area contributed by atoms with E-state index in [1.54, 1.807) is 45.3 Å². The van der Waals surface area contributed by atoms with E-state index in [9.17, 15) is 43.2 Å². The quantitative estimate of drug-likeness (QED) is 0.0549. The van der Waals surface area contributed by atoms with Crippen molar-refractivity contribution in [2.75, 3.05) is 94.5 Å². The second-order valence-corrected chi connectivity index (χ2v) is 23.4. The van der Waals surface area contributed by atoms with Crippen LogP contribution in [0.3, 0.4) is 0 Å². The summed E-state index contributed by atoms with van der Waals surface area (Å²) in [5, 5.41) is 1.13. The minimum atomic E-state index is -4.05. The molecule has 13 nitrogen and oxygen atoms in total. The van der Waals surface area contributed by atoms with E-state index in [-0.39, 0.29) is 46.5 Å². The minimum absolute atomic E-state index is 0. The van der Waals surface area contributed by atoms with Gasteiger partial charge in [-0.2, -0.15) is 25.3 Å². The molecule has 26 heteroatoms. The van der Waals surface area contributed by atoms with Crippen molar-refractivity contribution in [3.05, 3.63) is 71.1 Å². The third kappa shape index (κ3) is 75.0. The van der Waals surface area contributed by atoms with Crippen molar-refractivity contribution in [3.8, 4) is 0 Å². The molecule has 2 rings (SSSR count). The number of hydrogen-bond acceptors (Lipinski definition) is 11. The van der Waals surface area contributed by atoms with Gasteiger partial charge in [0.2, 0.25) is 5.91 Å². The van der Waals surface area contributed by atoms with Crippen LogP contribution in [0.1, 0.15) is 59.1 Å². The van der Waals surface area contributed by atoms with Crippen LogP contribution in [-0.2, 0) is 47.7 Å².